The van der Waals surface area contributed by atoms with Gasteiger partial charge in [0.15, 0.2) is 0 Å². The highest BCUT2D eigenvalue weighted by Crippen LogP contribution is 2.34. The average Bonchev–Trinajstić information content (AvgIpc) is 3.10. The number of urea groups is 1. The number of carbonyl (C=O) groups is 1. The van der Waals surface area contributed by atoms with Crippen LogP contribution in [-0.4, -0.2) is 40.1 Å². The zero-order chi connectivity index (χ0) is 17.3. The van der Waals surface area contributed by atoms with Gasteiger partial charge in [-0.25, -0.2) is 14.5 Å². The van der Waals surface area contributed by atoms with Gasteiger partial charge >= 0.3 is 6.03 Å². The van der Waals surface area contributed by atoms with Gasteiger partial charge in [-0.15, -0.1) is 0 Å². The Balaban J connectivity index is 1.53. The number of carbonyl (C=O) groups excluding carboxylic acids is 1. The van der Waals surface area contributed by atoms with Crippen molar-refractivity contribution in [2.45, 2.75) is 65.6 Å². The first-order valence-corrected chi connectivity index (χ1v) is 8.92. The molecule has 0 bridgehead atoms. The molecule has 1 fully saturated rings. The molecule has 0 aromatic carbocycles. The van der Waals surface area contributed by atoms with E-state index >= 15 is 0 Å². The van der Waals surface area contributed by atoms with E-state index in [9.17, 15) is 4.79 Å². The summed E-state index contributed by atoms with van der Waals surface area (Å²) in [6, 6.07) is -0.188. The van der Waals surface area contributed by atoms with E-state index in [1.54, 1.807) is 0 Å². The van der Waals surface area contributed by atoms with Crippen molar-refractivity contribution >= 4 is 6.03 Å². The van der Waals surface area contributed by atoms with E-state index < -0.39 is 0 Å². The molecule has 2 amide bonds. The lowest BCUT2D eigenvalue weighted by atomic mass is 9.81. The highest BCUT2D eigenvalue weighted by molar-refractivity contribution is 5.74. The third-order valence-electron chi connectivity index (χ3n) is 4.88. The number of rotatable bonds is 3. The van der Waals surface area contributed by atoms with Gasteiger partial charge in [0.1, 0.15) is 11.6 Å². The third kappa shape index (κ3) is 3.71. The van der Waals surface area contributed by atoms with Crippen LogP contribution in [-0.2, 0) is 11.3 Å². The summed E-state index contributed by atoms with van der Waals surface area (Å²) < 4.78 is 7.78. The molecule has 0 unspecified atom stereocenters. The highest BCUT2D eigenvalue weighted by Gasteiger charge is 2.37. The maximum Gasteiger partial charge on any atom is 0.315 e. The first-order chi connectivity index (χ1) is 11.3. The normalized spacial score (nSPS) is 26.9. The molecule has 0 radical (unpaired) electrons. The van der Waals surface area contributed by atoms with E-state index in [1.165, 1.54) is 0 Å². The monoisotopic (exact) mass is 335 g/mol. The fourth-order valence-corrected chi connectivity index (χ4v) is 3.84. The van der Waals surface area contributed by atoms with E-state index in [0.717, 1.165) is 44.1 Å². The lowest BCUT2D eigenvalue weighted by molar-refractivity contribution is 0.00773. The fourth-order valence-electron chi connectivity index (χ4n) is 3.84. The van der Waals surface area contributed by atoms with Gasteiger partial charge in [-0.2, -0.15) is 5.10 Å². The Morgan fingerprint density at radius 1 is 1.38 bits per heavy atom. The van der Waals surface area contributed by atoms with Gasteiger partial charge in [-0.3, -0.25) is 0 Å². The highest BCUT2D eigenvalue weighted by atomic mass is 16.5. The molecular formula is C17H29N5O2. The van der Waals surface area contributed by atoms with E-state index in [4.69, 9.17) is 4.74 Å². The van der Waals surface area contributed by atoms with Crippen LogP contribution in [0.3, 0.4) is 0 Å². The van der Waals surface area contributed by atoms with Crippen molar-refractivity contribution in [1.82, 2.24) is 25.4 Å². The Morgan fingerprint density at radius 2 is 2.17 bits per heavy atom. The van der Waals surface area contributed by atoms with E-state index in [0.29, 0.717) is 12.5 Å². The predicted molar refractivity (Wildman–Crippen MR) is 90.6 cm³/mol. The first-order valence-electron chi connectivity index (χ1n) is 8.92. The summed E-state index contributed by atoms with van der Waals surface area (Å²) in [6.07, 6.45) is 3.10. The number of nitrogens with zero attached hydrogens (tertiary/aromatic N) is 3. The Bertz CT molecular complexity index is 592. The Morgan fingerprint density at radius 3 is 2.92 bits per heavy atom. The average molecular weight is 335 g/mol. The summed E-state index contributed by atoms with van der Waals surface area (Å²) in [7, 11) is 0. The summed E-state index contributed by atoms with van der Waals surface area (Å²) >= 11 is 0. The molecule has 3 rings (SSSR count). The smallest absolute Gasteiger partial charge is 0.315 e. The quantitative estimate of drug-likeness (QED) is 0.887. The molecule has 24 heavy (non-hydrogen) atoms. The maximum atomic E-state index is 12.3. The molecule has 3 heterocycles. The molecule has 0 aliphatic carbocycles. The molecule has 0 spiro atoms. The van der Waals surface area contributed by atoms with Crippen LogP contribution >= 0.6 is 0 Å². The van der Waals surface area contributed by atoms with Gasteiger partial charge in [0.25, 0.3) is 0 Å². The molecule has 1 aromatic heterocycles. The second kappa shape index (κ2) is 6.70. The van der Waals surface area contributed by atoms with E-state index in [1.807, 2.05) is 11.6 Å². The lowest BCUT2D eigenvalue weighted by Gasteiger charge is -2.31. The van der Waals surface area contributed by atoms with Gasteiger partial charge in [-0.05, 0) is 31.6 Å². The van der Waals surface area contributed by atoms with Crippen molar-refractivity contribution in [1.29, 1.82) is 0 Å². The van der Waals surface area contributed by atoms with Crippen LogP contribution in [0.2, 0.25) is 0 Å². The summed E-state index contributed by atoms with van der Waals surface area (Å²) in [5, 5.41) is 10.4. The largest absolute Gasteiger partial charge is 0.377 e. The molecule has 7 heteroatoms. The van der Waals surface area contributed by atoms with Gasteiger partial charge in [0.2, 0.25) is 0 Å². The summed E-state index contributed by atoms with van der Waals surface area (Å²) in [5.74, 6) is 1.99. The predicted octanol–water partition coefficient (Wildman–Crippen LogP) is 2.17. The number of hydrogen-bond donors (Lipinski definition) is 2. The minimum Gasteiger partial charge on any atom is -0.377 e. The van der Waals surface area contributed by atoms with Gasteiger partial charge in [0.05, 0.1) is 12.1 Å². The van der Waals surface area contributed by atoms with Crippen LogP contribution in [0.4, 0.5) is 4.79 Å². The number of aryl methyl sites for hydroxylation is 2. The fraction of sp³-hybridized carbons (Fsp3) is 0.824. The Kier molecular flexibility index (Phi) is 4.80. The SMILES string of the molecule is Cc1nc2n(n1)CCC[C@@H]2NC(=O)NC[C@@H]1CCO[C@@H]1C(C)(C)C. The summed E-state index contributed by atoms with van der Waals surface area (Å²) in [5.41, 5.74) is 0.0939. The lowest BCUT2D eigenvalue weighted by Crippen LogP contribution is -2.44. The second-order valence-corrected chi connectivity index (χ2v) is 8.00. The molecule has 1 aromatic rings. The molecule has 2 aliphatic rings. The number of aromatic nitrogens is 3. The van der Waals surface area contributed by atoms with Crippen molar-refractivity contribution in [2.24, 2.45) is 11.3 Å². The van der Waals surface area contributed by atoms with Gasteiger partial charge in [-0.1, -0.05) is 20.8 Å². The molecular weight excluding hydrogens is 306 g/mol. The van der Waals surface area contributed by atoms with Crippen molar-refractivity contribution in [3.05, 3.63) is 11.6 Å². The minimum absolute atomic E-state index is 0.0572. The topological polar surface area (TPSA) is 81.1 Å². The number of nitrogens with one attached hydrogen (secondary N) is 2. The first kappa shape index (κ1) is 17.2. The summed E-state index contributed by atoms with van der Waals surface area (Å²) in [6.45, 7) is 10.7. The summed E-state index contributed by atoms with van der Waals surface area (Å²) in [4.78, 5) is 16.8. The molecule has 3 atom stereocenters. The maximum absolute atomic E-state index is 12.3. The van der Waals surface area contributed by atoms with Gasteiger partial charge in [0, 0.05) is 25.6 Å². The molecule has 134 valence electrons. The van der Waals surface area contributed by atoms with Crippen LogP contribution in [0.1, 0.15) is 57.7 Å². The van der Waals surface area contributed by atoms with Crippen LogP contribution in [0.15, 0.2) is 0 Å². The van der Waals surface area contributed by atoms with Crippen LogP contribution in [0.25, 0.3) is 0 Å². The molecule has 1 saturated heterocycles. The third-order valence-corrected chi connectivity index (χ3v) is 4.88. The number of hydrogen-bond acceptors (Lipinski definition) is 4. The Labute approximate surface area is 143 Å². The van der Waals surface area contributed by atoms with Crippen molar-refractivity contribution < 1.29 is 9.53 Å². The zero-order valence-corrected chi connectivity index (χ0v) is 15.1. The van der Waals surface area contributed by atoms with E-state index in [-0.39, 0.29) is 23.6 Å². The van der Waals surface area contributed by atoms with E-state index in [2.05, 4.69) is 41.5 Å². The minimum atomic E-state index is -0.131. The standard InChI is InChI=1S/C17H29N5O2/c1-11-19-15-13(6-5-8-22(15)21-11)20-16(23)18-10-12-7-9-24-14(12)17(2,3)4/h12-14H,5-10H2,1-4H3,(H2,18,20,23)/t12-,13-,14-/m0/s1. The second-order valence-electron chi connectivity index (χ2n) is 8.00. The molecule has 0 saturated carbocycles. The van der Waals surface area contributed by atoms with Crippen LogP contribution in [0, 0.1) is 18.3 Å². The molecule has 7 nitrogen and oxygen atoms in total. The Hall–Kier alpha value is -1.63. The van der Waals surface area contributed by atoms with Crippen molar-refractivity contribution in [2.75, 3.05) is 13.2 Å². The molecule has 2 N–H and O–H groups in total. The van der Waals surface area contributed by atoms with Gasteiger partial charge < -0.3 is 15.4 Å². The van der Waals surface area contributed by atoms with Crippen LogP contribution in [0.5, 0.6) is 0 Å². The van der Waals surface area contributed by atoms with Crippen molar-refractivity contribution in [3.63, 3.8) is 0 Å². The number of fused-ring (bicyclic) bond motifs is 1. The van der Waals surface area contributed by atoms with Crippen LogP contribution < -0.4 is 10.6 Å². The number of ether oxygens (including phenoxy) is 1. The number of amides is 2. The zero-order valence-electron chi connectivity index (χ0n) is 15.1. The van der Waals surface area contributed by atoms with Crippen molar-refractivity contribution in [3.8, 4) is 0 Å². The molecule has 2 aliphatic heterocycles.